The Bertz CT molecular complexity index is 427. The Labute approximate surface area is 123 Å². The summed E-state index contributed by atoms with van der Waals surface area (Å²) in [5.41, 5.74) is 2.76. The van der Waals surface area contributed by atoms with E-state index in [0.29, 0.717) is 6.04 Å². The van der Waals surface area contributed by atoms with Gasteiger partial charge in [-0.15, -0.1) is 0 Å². The van der Waals surface area contributed by atoms with Crippen molar-refractivity contribution in [1.29, 1.82) is 0 Å². The van der Waals surface area contributed by atoms with Crippen LogP contribution in [0.25, 0.3) is 0 Å². The summed E-state index contributed by atoms with van der Waals surface area (Å²) < 4.78 is 0. The van der Waals surface area contributed by atoms with Gasteiger partial charge >= 0.3 is 0 Å². The Hall–Kier alpha value is -1.18. The lowest BCUT2D eigenvalue weighted by atomic mass is 9.78. The molecule has 0 bridgehead atoms. The van der Waals surface area contributed by atoms with Crippen molar-refractivity contribution in [3.05, 3.63) is 24.3 Å². The van der Waals surface area contributed by atoms with Gasteiger partial charge in [0.1, 0.15) is 0 Å². The quantitative estimate of drug-likeness (QED) is 0.870. The van der Waals surface area contributed by atoms with Crippen molar-refractivity contribution in [2.24, 2.45) is 11.8 Å². The Kier molecular flexibility index (Phi) is 4.18. The van der Waals surface area contributed by atoms with Crippen LogP contribution in [0.3, 0.4) is 0 Å². The molecule has 2 fully saturated rings. The zero-order valence-electron chi connectivity index (χ0n) is 12.9. The fourth-order valence-corrected chi connectivity index (χ4v) is 3.98. The zero-order valence-corrected chi connectivity index (χ0v) is 12.9. The number of hydrogen-bond acceptors (Lipinski definition) is 2. The summed E-state index contributed by atoms with van der Waals surface area (Å²) in [6, 6.07) is 9.52. The average Bonchev–Trinajstić information content (AvgIpc) is 2.97. The van der Waals surface area contributed by atoms with Gasteiger partial charge in [0.25, 0.3) is 0 Å². The van der Waals surface area contributed by atoms with Gasteiger partial charge in [0, 0.05) is 19.1 Å². The highest BCUT2D eigenvalue weighted by atomic mass is 15.2. The summed E-state index contributed by atoms with van der Waals surface area (Å²) in [6.07, 6.45) is 6.81. The smallest absolute Gasteiger partial charge is 0.0602 e. The van der Waals surface area contributed by atoms with Gasteiger partial charge < -0.3 is 10.2 Å². The van der Waals surface area contributed by atoms with Crippen LogP contribution in [0.5, 0.6) is 0 Å². The second-order valence-electron chi connectivity index (χ2n) is 6.77. The third kappa shape index (κ3) is 2.79. The fraction of sp³-hybridized carbons (Fsp3) is 0.667. The molecule has 1 aliphatic carbocycles. The standard InChI is InChI=1S/C18H28N2/c1-14-8-7-9-15(2)18(14)19-16-10-3-4-11-17(16)20-12-5-6-13-20/h3-4,10-11,14-15,18-19H,5-9,12-13H2,1-2H3. The molecule has 1 aliphatic heterocycles. The third-order valence-electron chi connectivity index (χ3n) is 5.22. The third-order valence-corrected chi connectivity index (χ3v) is 5.22. The van der Waals surface area contributed by atoms with Gasteiger partial charge in [0.05, 0.1) is 11.4 Å². The van der Waals surface area contributed by atoms with Gasteiger partial charge in [-0.1, -0.05) is 32.4 Å². The van der Waals surface area contributed by atoms with Crippen molar-refractivity contribution in [3.63, 3.8) is 0 Å². The lowest BCUT2D eigenvalue weighted by molar-refractivity contribution is 0.268. The Morgan fingerprint density at radius 1 is 0.950 bits per heavy atom. The lowest BCUT2D eigenvalue weighted by Gasteiger charge is -2.37. The van der Waals surface area contributed by atoms with Gasteiger partial charge in [0.2, 0.25) is 0 Å². The highest BCUT2D eigenvalue weighted by Crippen LogP contribution is 2.35. The second kappa shape index (κ2) is 6.07. The average molecular weight is 272 g/mol. The van der Waals surface area contributed by atoms with Crippen LogP contribution in [0, 0.1) is 11.8 Å². The molecule has 20 heavy (non-hydrogen) atoms. The topological polar surface area (TPSA) is 15.3 Å². The molecule has 2 heteroatoms. The van der Waals surface area contributed by atoms with Crippen LogP contribution in [0.4, 0.5) is 11.4 Å². The van der Waals surface area contributed by atoms with Crippen LogP contribution in [-0.2, 0) is 0 Å². The van der Waals surface area contributed by atoms with E-state index in [1.54, 1.807) is 0 Å². The van der Waals surface area contributed by atoms with E-state index >= 15 is 0 Å². The molecule has 1 saturated carbocycles. The first-order valence-electron chi connectivity index (χ1n) is 8.36. The molecule has 0 spiro atoms. The number of benzene rings is 1. The van der Waals surface area contributed by atoms with Crippen LogP contribution in [0.2, 0.25) is 0 Å². The van der Waals surface area contributed by atoms with Gasteiger partial charge in [-0.25, -0.2) is 0 Å². The summed E-state index contributed by atoms with van der Waals surface area (Å²) in [6.45, 7) is 7.25. The Morgan fingerprint density at radius 3 is 2.30 bits per heavy atom. The Balaban J connectivity index is 1.79. The number of para-hydroxylation sites is 2. The van der Waals surface area contributed by atoms with Crippen molar-refractivity contribution >= 4 is 11.4 Å². The molecular weight excluding hydrogens is 244 g/mol. The largest absolute Gasteiger partial charge is 0.380 e. The number of anilines is 2. The van der Waals surface area contributed by atoms with Crippen molar-refractivity contribution in [1.82, 2.24) is 0 Å². The van der Waals surface area contributed by atoms with Crippen molar-refractivity contribution in [2.75, 3.05) is 23.3 Å². The molecule has 0 aromatic heterocycles. The van der Waals surface area contributed by atoms with Gasteiger partial charge in [-0.05, 0) is 49.7 Å². The monoisotopic (exact) mass is 272 g/mol. The molecule has 110 valence electrons. The first-order valence-corrected chi connectivity index (χ1v) is 8.36. The minimum Gasteiger partial charge on any atom is -0.380 e. The predicted octanol–water partition coefficient (Wildman–Crippen LogP) is 4.52. The van der Waals surface area contributed by atoms with E-state index in [1.807, 2.05) is 0 Å². The van der Waals surface area contributed by atoms with Crippen LogP contribution in [0.1, 0.15) is 46.0 Å². The van der Waals surface area contributed by atoms with E-state index in [9.17, 15) is 0 Å². The minimum absolute atomic E-state index is 0.632. The highest BCUT2D eigenvalue weighted by molar-refractivity contribution is 5.70. The summed E-state index contributed by atoms with van der Waals surface area (Å²) in [4.78, 5) is 2.54. The van der Waals surface area contributed by atoms with E-state index in [1.165, 1.54) is 56.6 Å². The number of hydrogen-bond donors (Lipinski definition) is 1. The van der Waals surface area contributed by atoms with Gasteiger partial charge in [0.15, 0.2) is 0 Å². The molecule has 2 unspecified atom stereocenters. The predicted molar refractivity (Wildman–Crippen MR) is 87.5 cm³/mol. The first-order chi connectivity index (χ1) is 9.75. The molecule has 1 heterocycles. The zero-order chi connectivity index (χ0) is 13.9. The van der Waals surface area contributed by atoms with Crippen LogP contribution < -0.4 is 10.2 Å². The van der Waals surface area contributed by atoms with E-state index in [4.69, 9.17) is 0 Å². The van der Waals surface area contributed by atoms with Crippen molar-refractivity contribution < 1.29 is 0 Å². The molecule has 1 aromatic carbocycles. The van der Waals surface area contributed by atoms with Crippen molar-refractivity contribution in [3.8, 4) is 0 Å². The van der Waals surface area contributed by atoms with Crippen molar-refractivity contribution in [2.45, 2.75) is 52.0 Å². The molecule has 2 aliphatic rings. The van der Waals surface area contributed by atoms with E-state index in [-0.39, 0.29) is 0 Å². The second-order valence-corrected chi connectivity index (χ2v) is 6.77. The van der Waals surface area contributed by atoms with Crippen LogP contribution >= 0.6 is 0 Å². The maximum Gasteiger partial charge on any atom is 0.0602 e. The molecule has 3 rings (SSSR count). The highest BCUT2D eigenvalue weighted by Gasteiger charge is 2.28. The number of rotatable bonds is 3. The first kappa shape index (κ1) is 13.8. The summed E-state index contributed by atoms with van der Waals surface area (Å²) in [7, 11) is 0. The molecule has 1 N–H and O–H groups in total. The minimum atomic E-state index is 0.632. The maximum absolute atomic E-state index is 3.88. The normalized spacial score (nSPS) is 30.5. The summed E-state index contributed by atoms with van der Waals surface area (Å²) in [5.74, 6) is 1.57. The molecule has 2 nitrogen and oxygen atoms in total. The molecule has 1 aromatic rings. The molecule has 0 radical (unpaired) electrons. The van der Waals surface area contributed by atoms with Crippen LogP contribution in [-0.4, -0.2) is 19.1 Å². The van der Waals surface area contributed by atoms with Gasteiger partial charge in [-0.2, -0.15) is 0 Å². The summed E-state index contributed by atoms with van der Waals surface area (Å²) >= 11 is 0. The number of nitrogens with one attached hydrogen (secondary N) is 1. The van der Waals surface area contributed by atoms with E-state index in [2.05, 4.69) is 48.3 Å². The van der Waals surface area contributed by atoms with Crippen LogP contribution in [0.15, 0.2) is 24.3 Å². The SMILES string of the molecule is CC1CCCC(C)C1Nc1ccccc1N1CCCC1. The molecule has 2 atom stereocenters. The molecule has 0 amide bonds. The van der Waals surface area contributed by atoms with E-state index < -0.39 is 0 Å². The number of nitrogens with zero attached hydrogens (tertiary/aromatic N) is 1. The fourth-order valence-electron chi connectivity index (χ4n) is 3.98. The van der Waals surface area contributed by atoms with Gasteiger partial charge in [-0.3, -0.25) is 0 Å². The summed E-state index contributed by atoms with van der Waals surface area (Å²) in [5, 5.41) is 3.88. The molecular formula is C18H28N2. The van der Waals surface area contributed by atoms with E-state index in [0.717, 1.165) is 11.8 Å². The molecule has 1 saturated heterocycles. The Morgan fingerprint density at radius 2 is 1.60 bits per heavy atom. The lowest BCUT2D eigenvalue weighted by Crippen LogP contribution is -2.37. The maximum atomic E-state index is 3.88.